The Balaban J connectivity index is 1.81. The highest BCUT2D eigenvalue weighted by molar-refractivity contribution is 5.19. The van der Waals surface area contributed by atoms with Crippen LogP contribution in [0.3, 0.4) is 0 Å². The smallest absolute Gasteiger partial charge is 0.129 e. The van der Waals surface area contributed by atoms with E-state index in [9.17, 15) is 14.6 Å². The topological polar surface area (TPSA) is 52.5 Å². The van der Waals surface area contributed by atoms with Crippen LogP contribution in [0.15, 0.2) is 24.3 Å². The number of hydrogen-bond acceptors (Lipinski definition) is 3. The van der Waals surface area contributed by atoms with E-state index in [-0.39, 0.29) is 6.54 Å². The SMILES string of the molecule is OC(CNCC1(O)CCC1)c1ccccc1F. The Labute approximate surface area is 100 Å². The molecular weight excluding hydrogens is 221 g/mol. The molecule has 0 aromatic heterocycles. The summed E-state index contributed by atoms with van der Waals surface area (Å²) >= 11 is 0. The minimum atomic E-state index is -0.875. The standard InChI is InChI=1S/C13H18FNO2/c14-11-5-2-1-4-10(11)12(16)8-15-9-13(17)6-3-7-13/h1-2,4-5,12,15-17H,3,6-9H2. The molecule has 0 aliphatic heterocycles. The van der Waals surface area contributed by atoms with Gasteiger partial charge in [-0.25, -0.2) is 4.39 Å². The second kappa shape index (κ2) is 5.12. The Hall–Kier alpha value is -0.970. The van der Waals surface area contributed by atoms with E-state index in [0.29, 0.717) is 12.1 Å². The molecule has 3 N–H and O–H groups in total. The molecule has 1 atom stereocenters. The van der Waals surface area contributed by atoms with Gasteiger partial charge in [-0.15, -0.1) is 0 Å². The second-order valence-corrected chi connectivity index (χ2v) is 4.75. The third-order valence-corrected chi connectivity index (χ3v) is 3.34. The first-order chi connectivity index (χ1) is 8.11. The predicted octanol–water partition coefficient (Wildman–Crippen LogP) is 1.36. The summed E-state index contributed by atoms with van der Waals surface area (Å²) in [4.78, 5) is 0. The molecule has 3 nitrogen and oxygen atoms in total. The van der Waals surface area contributed by atoms with Gasteiger partial charge >= 0.3 is 0 Å². The summed E-state index contributed by atoms with van der Waals surface area (Å²) < 4.78 is 13.3. The van der Waals surface area contributed by atoms with E-state index in [1.165, 1.54) is 6.07 Å². The van der Waals surface area contributed by atoms with Gasteiger partial charge in [0.1, 0.15) is 5.82 Å². The van der Waals surface area contributed by atoms with Gasteiger partial charge in [0.2, 0.25) is 0 Å². The van der Waals surface area contributed by atoms with Gasteiger partial charge in [-0.2, -0.15) is 0 Å². The molecular formula is C13H18FNO2. The average Bonchev–Trinajstić information content (AvgIpc) is 2.27. The Morgan fingerprint density at radius 3 is 2.65 bits per heavy atom. The molecule has 0 spiro atoms. The molecule has 4 heteroatoms. The molecule has 1 aromatic carbocycles. The summed E-state index contributed by atoms with van der Waals surface area (Å²) in [5.74, 6) is -0.399. The van der Waals surface area contributed by atoms with Crippen molar-refractivity contribution >= 4 is 0 Å². The Morgan fingerprint density at radius 1 is 1.35 bits per heavy atom. The minimum absolute atomic E-state index is 0.253. The fourth-order valence-corrected chi connectivity index (χ4v) is 2.06. The minimum Gasteiger partial charge on any atom is -0.389 e. The van der Waals surface area contributed by atoms with Crippen LogP contribution in [0, 0.1) is 5.82 Å². The van der Waals surface area contributed by atoms with Crippen LogP contribution in [0.2, 0.25) is 0 Å². The lowest BCUT2D eigenvalue weighted by Crippen LogP contribution is -2.47. The van der Waals surface area contributed by atoms with Gasteiger partial charge in [-0.05, 0) is 25.3 Å². The Bertz CT molecular complexity index is 379. The monoisotopic (exact) mass is 239 g/mol. The van der Waals surface area contributed by atoms with E-state index in [0.717, 1.165) is 19.3 Å². The van der Waals surface area contributed by atoms with E-state index < -0.39 is 17.5 Å². The van der Waals surface area contributed by atoms with Crippen molar-refractivity contribution in [2.45, 2.75) is 31.0 Å². The Morgan fingerprint density at radius 2 is 2.06 bits per heavy atom. The molecule has 1 saturated carbocycles. The quantitative estimate of drug-likeness (QED) is 0.727. The number of nitrogens with one attached hydrogen (secondary N) is 1. The highest BCUT2D eigenvalue weighted by atomic mass is 19.1. The number of rotatable bonds is 5. The van der Waals surface area contributed by atoms with E-state index in [1.807, 2.05) is 0 Å². The van der Waals surface area contributed by atoms with Crippen LogP contribution >= 0.6 is 0 Å². The third-order valence-electron chi connectivity index (χ3n) is 3.34. The van der Waals surface area contributed by atoms with Gasteiger partial charge in [0.05, 0.1) is 11.7 Å². The maximum absolute atomic E-state index is 13.3. The van der Waals surface area contributed by atoms with Crippen molar-refractivity contribution in [3.05, 3.63) is 35.6 Å². The molecule has 1 aliphatic carbocycles. The zero-order valence-corrected chi connectivity index (χ0v) is 9.69. The van der Waals surface area contributed by atoms with Crippen LogP contribution in [0.4, 0.5) is 4.39 Å². The first-order valence-electron chi connectivity index (χ1n) is 5.96. The first kappa shape index (κ1) is 12.5. The van der Waals surface area contributed by atoms with Gasteiger partial charge in [0, 0.05) is 18.7 Å². The average molecular weight is 239 g/mol. The van der Waals surface area contributed by atoms with Crippen LogP contribution in [-0.4, -0.2) is 28.9 Å². The van der Waals surface area contributed by atoms with Crippen LogP contribution in [0.1, 0.15) is 30.9 Å². The number of aliphatic hydroxyl groups excluding tert-OH is 1. The number of benzene rings is 1. The highest BCUT2D eigenvalue weighted by Crippen LogP contribution is 2.30. The van der Waals surface area contributed by atoms with E-state index >= 15 is 0 Å². The summed E-state index contributed by atoms with van der Waals surface area (Å²) in [5, 5.41) is 22.6. The van der Waals surface area contributed by atoms with Crippen molar-refractivity contribution in [3.63, 3.8) is 0 Å². The van der Waals surface area contributed by atoms with Gasteiger partial charge < -0.3 is 15.5 Å². The van der Waals surface area contributed by atoms with E-state index in [2.05, 4.69) is 5.32 Å². The van der Waals surface area contributed by atoms with Crippen molar-refractivity contribution in [1.82, 2.24) is 5.32 Å². The fourth-order valence-electron chi connectivity index (χ4n) is 2.06. The van der Waals surface area contributed by atoms with Crippen LogP contribution in [-0.2, 0) is 0 Å². The maximum Gasteiger partial charge on any atom is 0.129 e. The van der Waals surface area contributed by atoms with Crippen LogP contribution in [0.25, 0.3) is 0 Å². The third kappa shape index (κ3) is 3.03. The normalized spacial score (nSPS) is 19.7. The Kier molecular flexibility index (Phi) is 3.76. The zero-order valence-electron chi connectivity index (χ0n) is 9.69. The molecule has 1 aromatic rings. The van der Waals surface area contributed by atoms with E-state index in [1.54, 1.807) is 18.2 Å². The molecule has 1 aliphatic rings. The lowest BCUT2D eigenvalue weighted by Gasteiger charge is -2.37. The number of hydrogen-bond donors (Lipinski definition) is 3. The van der Waals surface area contributed by atoms with Gasteiger partial charge in [0.25, 0.3) is 0 Å². The fraction of sp³-hybridized carbons (Fsp3) is 0.538. The van der Waals surface area contributed by atoms with Crippen molar-refractivity contribution in [1.29, 1.82) is 0 Å². The summed E-state index contributed by atoms with van der Waals surface area (Å²) in [6.07, 6.45) is 1.78. The molecule has 0 radical (unpaired) electrons. The number of aliphatic hydroxyl groups is 2. The zero-order chi connectivity index (χ0) is 12.3. The predicted molar refractivity (Wildman–Crippen MR) is 63.0 cm³/mol. The molecule has 0 bridgehead atoms. The summed E-state index contributed by atoms with van der Waals surface area (Å²) in [6, 6.07) is 6.19. The van der Waals surface area contributed by atoms with Gasteiger partial charge in [0.15, 0.2) is 0 Å². The molecule has 0 heterocycles. The maximum atomic E-state index is 13.3. The number of halogens is 1. The second-order valence-electron chi connectivity index (χ2n) is 4.75. The van der Waals surface area contributed by atoms with Crippen molar-refractivity contribution in [3.8, 4) is 0 Å². The summed E-state index contributed by atoms with van der Waals surface area (Å²) in [5.41, 5.74) is -0.324. The summed E-state index contributed by atoms with van der Waals surface area (Å²) in [6.45, 7) is 0.710. The van der Waals surface area contributed by atoms with Gasteiger partial charge in [-0.3, -0.25) is 0 Å². The molecule has 1 fully saturated rings. The summed E-state index contributed by atoms with van der Waals surface area (Å²) in [7, 11) is 0. The first-order valence-corrected chi connectivity index (χ1v) is 5.96. The molecule has 94 valence electrons. The molecule has 0 saturated heterocycles. The van der Waals surface area contributed by atoms with E-state index in [4.69, 9.17) is 0 Å². The largest absolute Gasteiger partial charge is 0.389 e. The molecule has 1 unspecified atom stereocenters. The highest BCUT2D eigenvalue weighted by Gasteiger charge is 2.33. The lowest BCUT2D eigenvalue weighted by molar-refractivity contribution is -0.0328. The lowest BCUT2D eigenvalue weighted by atomic mass is 9.80. The molecule has 17 heavy (non-hydrogen) atoms. The van der Waals surface area contributed by atoms with Crippen molar-refractivity contribution in [2.75, 3.05) is 13.1 Å². The van der Waals surface area contributed by atoms with Crippen LogP contribution in [0.5, 0.6) is 0 Å². The van der Waals surface area contributed by atoms with Gasteiger partial charge in [-0.1, -0.05) is 18.2 Å². The van der Waals surface area contributed by atoms with Crippen molar-refractivity contribution in [2.24, 2.45) is 0 Å². The van der Waals surface area contributed by atoms with Crippen LogP contribution < -0.4 is 5.32 Å². The molecule has 0 amide bonds. The molecule has 2 rings (SSSR count). The van der Waals surface area contributed by atoms with Crippen molar-refractivity contribution < 1.29 is 14.6 Å².